The summed E-state index contributed by atoms with van der Waals surface area (Å²) < 4.78 is 13.6. The summed E-state index contributed by atoms with van der Waals surface area (Å²) in [6.45, 7) is 8.91. The van der Waals surface area contributed by atoms with Gasteiger partial charge in [-0.05, 0) is 75.8 Å². The molecule has 0 spiro atoms. The van der Waals surface area contributed by atoms with E-state index in [1.165, 1.54) is 6.42 Å². The normalized spacial score (nSPS) is 14.5. The Labute approximate surface area is 201 Å². The van der Waals surface area contributed by atoms with Crippen LogP contribution in [0.2, 0.25) is 0 Å². The number of fused-ring (bicyclic) bond motifs is 1. The van der Waals surface area contributed by atoms with E-state index in [0.717, 1.165) is 47.2 Å². The van der Waals surface area contributed by atoms with Crippen LogP contribution in [0.15, 0.2) is 42.5 Å². The van der Waals surface area contributed by atoms with Crippen LogP contribution in [0.25, 0.3) is 22.2 Å². The van der Waals surface area contributed by atoms with Gasteiger partial charge in [0.15, 0.2) is 0 Å². The van der Waals surface area contributed by atoms with Crippen LogP contribution in [-0.2, 0) is 4.74 Å². The number of rotatable bonds is 8. The summed E-state index contributed by atoms with van der Waals surface area (Å²) in [7, 11) is 0. The van der Waals surface area contributed by atoms with Crippen LogP contribution in [0, 0.1) is 17.2 Å². The number of hydrogen-bond donors (Lipinski definition) is 1. The van der Waals surface area contributed by atoms with E-state index >= 15 is 0 Å². The Hall–Kier alpha value is -3.46. The first-order valence-electron chi connectivity index (χ1n) is 12.2. The highest BCUT2D eigenvalue weighted by Crippen LogP contribution is 2.38. The van der Waals surface area contributed by atoms with Crippen molar-refractivity contribution in [2.45, 2.75) is 65.5 Å². The molecule has 0 saturated heterocycles. The Balaban J connectivity index is 1.62. The molecule has 4 rings (SSSR count). The Kier molecular flexibility index (Phi) is 7.12. The van der Waals surface area contributed by atoms with Crippen molar-refractivity contribution < 1.29 is 14.3 Å². The van der Waals surface area contributed by atoms with Crippen molar-refractivity contribution in [3.8, 4) is 23.1 Å². The molecule has 6 heteroatoms. The molecule has 178 valence electrons. The molecule has 1 aliphatic carbocycles. The van der Waals surface area contributed by atoms with Gasteiger partial charge in [0.05, 0.1) is 23.4 Å². The molecule has 1 saturated carbocycles. The summed E-state index contributed by atoms with van der Waals surface area (Å²) >= 11 is 0. The van der Waals surface area contributed by atoms with Gasteiger partial charge in [0.1, 0.15) is 17.9 Å². The van der Waals surface area contributed by atoms with Crippen molar-refractivity contribution in [2.24, 2.45) is 5.92 Å². The van der Waals surface area contributed by atoms with Crippen molar-refractivity contribution in [3.63, 3.8) is 0 Å². The van der Waals surface area contributed by atoms with Gasteiger partial charge >= 0.3 is 6.09 Å². The summed E-state index contributed by atoms with van der Waals surface area (Å²) in [6.07, 6.45) is 3.90. The van der Waals surface area contributed by atoms with Crippen LogP contribution in [0.1, 0.15) is 65.0 Å². The molecule has 1 amide bonds. The molecule has 1 atom stereocenters. The minimum atomic E-state index is -0.430. The molecule has 1 N–H and O–H groups in total. The second-order valence-corrected chi connectivity index (χ2v) is 9.33. The molecule has 2 aromatic carbocycles. The maximum atomic E-state index is 12.3. The molecule has 1 aliphatic rings. The van der Waals surface area contributed by atoms with Crippen LogP contribution in [0.5, 0.6) is 5.75 Å². The zero-order chi connectivity index (χ0) is 24.2. The zero-order valence-corrected chi connectivity index (χ0v) is 20.4. The smallest absolute Gasteiger partial charge is 0.411 e. The molecule has 0 radical (unpaired) electrons. The molecule has 3 aromatic rings. The number of aromatic nitrogens is 1. The molecular weight excluding hydrogens is 426 g/mol. The summed E-state index contributed by atoms with van der Waals surface area (Å²) in [5, 5.41) is 13.8. The quantitative estimate of drug-likeness (QED) is 0.384. The lowest BCUT2D eigenvalue weighted by atomic mass is 9.82. The zero-order valence-electron chi connectivity index (χ0n) is 20.4. The highest BCUT2D eigenvalue weighted by molar-refractivity contribution is 5.95. The molecule has 0 bridgehead atoms. The third-order valence-corrected chi connectivity index (χ3v) is 6.59. The van der Waals surface area contributed by atoms with Gasteiger partial charge in [0, 0.05) is 23.2 Å². The Bertz CT molecular complexity index is 1200. The number of nitriles is 1. The van der Waals surface area contributed by atoms with Crippen molar-refractivity contribution >= 4 is 22.7 Å². The van der Waals surface area contributed by atoms with E-state index in [1.807, 2.05) is 49.4 Å². The van der Waals surface area contributed by atoms with Crippen LogP contribution in [-0.4, -0.2) is 23.4 Å². The first-order valence-corrected chi connectivity index (χ1v) is 12.2. The first kappa shape index (κ1) is 23.7. The predicted octanol–water partition coefficient (Wildman–Crippen LogP) is 7.29. The second-order valence-electron chi connectivity index (χ2n) is 9.33. The van der Waals surface area contributed by atoms with Crippen molar-refractivity contribution in [2.75, 3.05) is 11.9 Å². The lowest BCUT2D eigenvalue weighted by Crippen LogP contribution is -2.30. The van der Waals surface area contributed by atoms with Gasteiger partial charge in [-0.25, -0.2) is 4.79 Å². The van der Waals surface area contributed by atoms with Crippen molar-refractivity contribution in [1.29, 1.82) is 5.26 Å². The molecule has 0 aliphatic heterocycles. The lowest BCUT2D eigenvalue weighted by Gasteiger charge is -2.30. The Morgan fingerprint density at radius 2 is 1.91 bits per heavy atom. The largest absolute Gasteiger partial charge is 0.494 e. The average molecular weight is 460 g/mol. The van der Waals surface area contributed by atoms with Gasteiger partial charge in [-0.2, -0.15) is 5.26 Å². The van der Waals surface area contributed by atoms with E-state index in [9.17, 15) is 10.1 Å². The lowest BCUT2D eigenvalue weighted by molar-refractivity contribution is 0.0531. The first-order chi connectivity index (χ1) is 16.4. The van der Waals surface area contributed by atoms with E-state index < -0.39 is 6.09 Å². The number of nitrogens with zero attached hydrogens (tertiary/aromatic N) is 2. The standard InChI is InChI=1S/C28H33N3O3/c1-5-15-33-23-13-14-24-25(17-29)27(31(18(2)3)26(24)16-23)21-9-11-22(12-10-21)30-28(32)34-19(4)20-7-6-8-20/h9-14,16,18-20H,5-8,15H2,1-4H3,(H,30,32). The van der Waals surface area contributed by atoms with E-state index in [0.29, 0.717) is 23.8 Å². The minimum absolute atomic E-state index is 0.0702. The van der Waals surface area contributed by atoms with Crippen LogP contribution < -0.4 is 10.1 Å². The third kappa shape index (κ3) is 4.75. The highest BCUT2D eigenvalue weighted by atomic mass is 16.6. The molecule has 6 nitrogen and oxygen atoms in total. The van der Waals surface area contributed by atoms with E-state index in [-0.39, 0.29) is 12.1 Å². The third-order valence-electron chi connectivity index (χ3n) is 6.59. The Morgan fingerprint density at radius 1 is 1.18 bits per heavy atom. The fraction of sp³-hybridized carbons (Fsp3) is 0.429. The molecular formula is C28H33N3O3. The van der Waals surface area contributed by atoms with Crippen molar-refractivity contribution in [3.05, 3.63) is 48.0 Å². The summed E-state index contributed by atoms with van der Waals surface area (Å²) in [5.41, 5.74) is 4.06. The topological polar surface area (TPSA) is 76.3 Å². The molecule has 1 unspecified atom stereocenters. The van der Waals surface area contributed by atoms with Crippen LogP contribution in [0.4, 0.5) is 10.5 Å². The number of nitrogens with one attached hydrogen (secondary N) is 1. The van der Waals surface area contributed by atoms with Gasteiger partial charge in [0.2, 0.25) is 0 Å². The maximum Gasteiger partial charge on any atom is 0.411 e. The molecule has 1 fully saturated rings. The van der Waals surface area contributed by atoms with E-state index in [2.05, 4.69) is 36.7 Å². The molecule has 34 heavy (non-hydrogen) atoms. The van der Waals surface area contributed by atoms with Gasteiger partial charge in [-0.1, -0.05) is 25.5 Å². The molecule has 1 heterocycles. The van der Waals surface area contributed by atoms with Gasteiger partial charge in [-0.15, -0.1) is 0 Å². The van der Waals surface area contributed by atoms with Crippen LogP contribution in [0.3, 0.4) is 0 Å². The van der Waals surface area contributed by atoms with E-state index in [4.69, 9.17) is 9.47 Å². The highest BCUT2D eigenvalue weighted by Gasteiger charge is 2.27. The maximum absolute atomic E-state index is 12.3. The van der Waals surface area contributed by atoms with Gasteiger partial charge in [0.25, 0.3) is 0 Å². The number of ether oxygens (including phenoxy) is 2. The number of amides is 1. The Morgan fingerprint density at radius 3 is 2.50 bits per heavy atom. The second kappa shape index (κ2) is 10.2. The van der Waals surface area contributed by atoms with E-state index in [1.54, 1.807) is 0 Å². The fourth-order valence-corrected chi connectivity index (χ4v) is 4.57. The summed E-state index contributed by atoms with van der Waals surface area (Å²) in [6, 6.07) is 16.0. The summed E-state index contributed by atoms with van der Waals surface area (Å²) in [4.78, 5) is 12.3. The minimum Gasteiger partial charge on any atom is -0.494 e. The monoisotopic (exact) mass is 459 g/mol. The number of carbonyl (C=O) groups is 1. The number of benzene rings is 2. The summed E-state index contributed by atoms with van der Waals surface area (Å²) in [5.74, 6) is 1.28. The molecule has 1 aromatic heterocycles. The average Bonchev–Trinajstić information content (AvgIpc) is 3.10. The number of hydrogen-bond acceptors (Lipinski definition) is 4. The van der Waals surface area contributed by atoms with Gasteiger partial charge < -0.3 is 14.0 Å². The number of carbonyl (C=O) groups excluding carboxylic acids is 1. The fourth-order valence-electron chi connectivity index (χ4n) is 4.57. The predicted molar refractivity (Wildman–Crippen MR) is 135 cm³/mol. The van der Waals surface area contributed by atoms with Crippen molar-refractivity contribution in [1.82, 2.24) is 4.57 Å². The van der Waals surface area contributed by atoms with Crippen LogP contribution >= 0.6 is 0 Å². The van der Waals surface area contributed by atoms with Gasteiger partial charge in [-0.3, -0.25) is 5.32 Å². The number of anilines is 1. The SMILES string of the molecule is CCCOc1ccc2c(C#N)c(-c3ccc(NC(=O)OC(C)C4CCC4)cc3)n(C(C)C)c2c1.